The molecule has 4 aliphatic heterocycles. The van der Waals surface area contributed by atoms with E-state index in [1.807, 2.05) is 50.8 Å². The van der Waals surface area contributed by atoms with Gasteiger partial charge < -0.3 is 49.3 Å². The molecular weight excluding hydrogens is 840 g/mol. The summed E-state index contributed by atoms with van der Waals surface area (Å²) in [7, 11) is 2.57. The number of nitrogens with one attached hydrogen (secondary N) is 4. The van der Waals surface area contributed by atoms with Gasteiger partial charge >= 0.3 is 12.2 Å². The Morgan fingerprint density at radius 2 is 1.14 bits per heavy atom. The highest BCUT2D eigenvalue weighted by atomic mass is 35.5. The van der Waals surface area contributed by atoms with E-state index in [9.17, 15) is 19.2 Å². The van der Waals surface area contributed by atoms with Crippen molar-refractivity contribution in [2.75, 3.05) is 27.3 Å². The number of ether oxygens (including phenoxy) is 4. The Morgan fingerprint density at radius 1 is 0.703 bits per heavy atom. The first kappa shape index (κ1) is 44.8. The Balaban J connectivity index is 1.09. The molecule has 0 unspecified atom stereocenters. The molecule has 2 aromatic carbocycles. The number of amides is 4. The number of alkyl carbamates (subject to hydrolysis) is 2. The lowest BCUT2D eigenvalue weighted by atomic mass is 9.87. The van der Waals surface area contributed by atoms with Gasteiger partial charge in [0.05, 0.1) is 32.0 Å². The van der Waals surface area contributed by atoms with Crippen molar-refractivity contribution in [1.29, 1.82) is 0 Å². The molecule has 17 heteroatoms. The van der Waals surface area contributed by atoms with Gasteiger partial charge in [-0.2, -0.15) is 0 Å². The normalized spacial score (nSPS) is 20.8. The SMILES string of the molecule is COC(=O)N[C@H](C(=O)N1C[C@@H](C)C[C@H]1c1nc(-c2cc3c4c(c2)OCc2cc(-c5nc([C@@H]6C[C@H](C)CN6C(=O)[C@@H](NC(=O)OC)C(C)C)[nH]c5C(C)C)cc(c2-4)OC3)c(Cl)[nH]1)C(C)C. The average Bonchev–Trinajstić information content (AvgIpc) is 4.07. The topological polar surface area (TPSA) is 193 Å². The van der Waals surface area contributed by atoms with Gasteiger partial charge in [-0.1, -0.05) is 67.0 Å². The molecule has 6 atom stereocenters. The van der Waals surface area contributed by atoms with Crippen molar-refractivity contribution in [3.63, 3.8) is 0 Å². The van der Waals surface area contributed by atoms with E-state index in [1.165, 1.54) is 14.2 Å². The molecule has 0 bridgehead atoms. The van der Waals surface area contributed by atoms with Gasteiger partial charge in [-0.15, -0.1) is 0 Å². The zero-order chi connectivity index (χ0) is 45.9. The number of halogens is 1. The molecule has 4 amide bonds. The van der Waals surface area contributed by atoms with Crippen LogP contribution >= 0.6 is 11.6 Å². The molecule has 4 aliphatic rings. The van der Waals surface area contributed by atoms with Crippen molar-refractivity contribution in [2.24, 2.45) is 23.7 Å². The van der Waals surface area contributed by atoms with Crippen LogP contribution in [-0.2, 0) is 32.3 Å². The number of likely N-dealkylation sites (tertiary alicyclic amines) is 2. The maximum atomic E-state index is 14.1. The fourth-order valence-electron chi connectivity index (χ4n) is 9.73. The van der Waals surface area contributed by atoms with Crippen LogP contribution in [0.2, 0.25) is 5.15 Å². The molecule has 4 aromatic rings. The van der Waals surface area contributed by atoms with Gasteiger partial charge in [0.1, 0.15) is 59.3 Å². The summed E-state index contributed by atoms with van der Waals surface area (Å²) < 4.78 is 22.7. The summed E-state index contributed by atoms with van der Waals surface area (Å²) in [4.78, 5) is 73.1. The van der Waals surface area contributed by atoms with E-state index in [0.717, 1.165) is 56.9 Å². The van der Waals surface area contributed by atoms with Gasteiger partial charge in [-0.05, 0) is 66.7 Å². The number of hydrogen-bond donors (Lipinski definition) is 4. The smallest absolute Gasteiger partial charge is 0.407 e. The van der Waals surface area contributed by atoms with Gasteiger partial charge in [-0.3, -0.25) is 9.59 Å². The molecular formula is C47H59ClN8O8. The maximum Gasteiger partial charge on any atom is 0.407 e. The van der Waals surface area contributed by atoms with Gasteiger partial charge in [0.15, 0.2) is 0 Å². The first-order valence-corrected chi connectivity index (χ1v) is 22.6. The second kappa shape index (κ2) is 17.7. The summed E-state index contributed by atoms with van der Waals surface area (Å²) in [5, 5.41) is 5.80. The second-order valence-corrected chi connectivity index (χ2v) is 19.2. The molecule has 2 saturated heterocycles. The second-order valence-electron chi connectivity index (χ2n) is 18.8. The van der Waals surface area contributed by atoms with Crippen molar-refractivity contribution < 1.29 is 38.1 Å². The van der Waals surface area contributed by atoms with E-state index < -0.39 is 24.3 Å². The van der Waals surface area contributed by atoms with Crippen LogP contribution in [0.25, 0.3) is 33.6 Å². The van der Waals surface area contributed by atoms with Gasteiger partial charge in [0, 0.05) is 52.2 Å². The molecule has 2 fully saturated rings. The molecule has 6 heterocycles. The molecule has 0 aliphatic carbocycles. The van der Waals surface area contributed by atoms with Crippen molar-refractivity contribution in [1.82, 2.24) is 40.4 Å². The molecule has 64 heavy (non-hydrogen) atoms. The number of rotatable bonds is 11. The fraction of sp³-hybridized carbons (Fsp3) is 0.532. The first-order chi connectivity index (χ1) is 30.5. The summed E-state index contributed by atoms with van der Waals surface area (Å²) in [5.74, 6) is 2.55. The van der Waals surface area contributed by atoms with Gasteiger partial charge in [-0.25, -0.2) is 19.6 Å². The summed E-state index contributed by atoms with van der Waals surface area (Å²) in [6.45, 7) is 17.7. The van der Waals surface area contributed by atoms with E-state index in [1.54, 1.807) is 4.90 Å². The lowest BCUT2D eigenvalue weighted by Crippen LogP contribution is -2.51. The summed E-state index contributed by atoms with van der Waals surface area (Å²) in [6.07, 6.45) is 0.105. The highest BCUT2D eigenvalue weighted by Crippen LogP contribution is 2.52. The minimum Gasteiger partial charge on any atom is -0.488 e. The van der Waals surface area contributed by atoms with Gasteiger partial charge in [0.25, 0.3) is 0 Å². The third-order valence-electron chi connectivity index (χ3n) is 12.9. The standard InChI is InChI=1S/C47H59ClN8O8/c1-21(2)36-39(50-42(49-36)30-11-24(7)17-55(30)44(57)37(22(3)4)52-46(59)61-9)26-13-28-19-64-33-16-27(14-29-20-63-32(15-26)34(28)35(29)33)40-41(48)54-43(51-40)31-12-25(8)18-56(31)45(58)38(23(5)6)53-47(60)62-10/h13-16,21-25,30-31,37-38H,11-12,17-20H2,1-10H3,(H,49,50)(H,51,54)(H,52,59)(H,53,60)/t24-,25-,30-,31-,37-,38-/m0/s1. The summed E-state index contributed by atoms with van der Waals surface area (Å²) in [5.41, 5.74) is 7.76. The number of carbonyl (C=O) groups excluding carboxylic acids is 4. The van der Waals surface area contributed by atoms with Gasteiger partial charge in [0.2, 0.25) is 11.8 Å². The predicted octanol–water partition coefficient (Wildman–Crippen LogP) is 8.28. The van der Waals surface area contributed by atoms with E-state index in [4.69, 9.17) is 40.5 Å². The van der Waals surface area contributed by atoms with Crippen LogP contribution in [0.4, 0.5) is 9.59 Å². The Bertz CT molecular complexity index is 2430. The van der Waals surface area contributed by atoms with Crippen molar-refractivity contribution in [3.05, 3.63) is 57.9 Å². The monoisotopic (exact) mass is 898 g/mol. The van der Waals surface area contributed by atoms with Crippen LogP contribution in [0.15, 0.2) is 24.3 Å². The number of aromatic nitrogens is 4. The van der Waals surface area contributed by atoms with E-state index in [-0.39, 0.29) is 60.1 Å². The van der Waals surface area contributed by atoms with Crippen LogP contribution in [0, 0.1) is 23.7 Å². The Kier molecular flexibility index (Phi) is 12.4. The van der Waals surface area contributed by atoms with Crippen molar-refractivity contribution >= 4 is 35.6 Å². The molecule has 2 aromatic heterocycles. The molecule has 0 radical (unpaired) electrons. The fourth-order valence-corrected chi connectivity index (χ4v) is 9.98. The van der Waals surface area contributed by atoms with E-state index >= 15 is 0 Å². The lowest BCUT2D eigenvalue weighted by molar-refractivity contribution is -0.136. The lowest BCUT2D eigenvalue weighted by Gasteiger charge is -2.30. The highest BCUT2D eigenvalue weighted by Gasteiger charge is 2.43. The summed E-state index contributed by atoms with van der Waals surface area (Å²) in [6, 6.07) is 5.98. The number of nitrogens with zero attached hydrogens (tertiary/aromatic N) is 4. The van der Waals surface area contributed by atoms with Crippen LogP contribution in [0.1, 0.15) is 115 Å². The number of carbonyl (C=O) groups is 4. The number of H-pyrrole nitrogens is 2. The zero-order valence-electron chi connectivity index (χ0n) is 38.2. The number of hydrogen-bond acceptors (Lipinski definition) is 10. The third-order valence-corrected chi connectivity index (χ3v) is 13.2. The van der Waals surface area contributed by atoms with Crippen molar-refractivity contribution in [3.8, 4) is 45.1 Å². The van der Waals surface area contributed by atoms with Crippen LogP contribution in [0.5, 0.6) is 11.5 Å². The minimum atomic E-state index is -0.764. The van der Waals surface area contributed by atoms with E-state index in [0.29, 0.717) is 54.4 Å². The van der Waals surface area contributed by atoms with E-state index in [2.05, 4.69) is 54.4 Å². The Hall–Kier alpha value is -5.77. The molecule has 0 saturated carbocycles. The molecule has 342 valence electrons. The minimum absolute atomic E-state index is 0.0921. The molecule has 0 spiro atoms. The predicted molar refractivity (Wildman–Crippen MR) is 240 cm³/mol. The van der Waals surface area contributed by atoms with Crippen molar-refractivity contribution in [2.45, 2.75) is 112 Å². The first-order valence-electron chi connectivity index (χ1n) is 22.2. The Morgan fingerprint density at radius 3 is 1.58 bits per heavy atom. The molecule has 16 nitrogen and oxygen atoms in total. The maximum absolute atomic E-state index is 14.1. The number of methoxy groups -OCH3 is 2. The van der Waals surface area contributed by atoms with Crippen LogP contribution in [0.3, 0.4) is 0 Å². The quantitative estimate of drug-likeness (QED) is 0.114. The number of aromatic amines is 2. The third kappa shape index (κ3) is 8.25. The highest BCUT2D eigenvalue weighted by molar-refractivity contribution is 6.32. The van der Waals surface area contributed by atoms with Crippen LogP contribution in [-0.4, -0.2) is 93.1 Å². The zero-order valence-corrected chi connectivity index (χ0v) is 38.9. The molecule has 8 rings (SSSR count). The number of imidazole rings is 2. The largest absolute Gasteiger partial charge is 0.488 e. The summed E-state index contributed by atoms with van der Waals surface area (Å²) >= 11 is 6.91. The van der Waals surface area contributed by atoms with Crippen LogP contribution < -0.4 is 20.1 Å². The number of benzene rings is 2. The Labute approximate surface area is 378 Å². The average molecular weight is 899 g/mol. The molecule has 4 N–H and O–H groups in total.